The van der Waals surface area contributed by atoms with Crippen molar-refractivity contribution in [2.45, 2.75) is 39.2 Å². The van der Waals surface area contributed by atoms with E-state index in [9.17, 15) is 10.1 Å². The Morgan fingerprint density at radius 1 is 1.15 bits per heavy atom. The fourth-order valence-electron chi connectivity index (χ4n) is 3.36. The van der Waals surface area contributed by atoms with Gasteiger partial charge < -0.3 is 15.2 Å². The van der Waals surface area contributed by atoms with E-state index < -0.39 is 0 Å². The molecule has 3 aromatic heterocycles. The van der Waals surface area contributed by atoms with Gasteiger partial charge in [0, 0.05) is 23.8 Å². The monoisotopic (exact) mass is 459 g/mol. The second-order valence-electron chi connectivity index (χ2n) is 8.96. The van der Waals surface area contributed by atoms with E-state index in [4.69, 9.17) is 0 Å². The molecule has 0 spiro atoms. The summed E-state index contributed by atoms with van der Waals surface area (Å²) in [6.45, 7) is 8.24. The Morgan fingerprint density at radius 3 is 2.67 bits per heavy atom. The van der Waals surface area contributed by atoms with E-state index in [2.05, 4.69) is 52.4 Å². The van der Waals surface area contributed by atoms with Crippen LogP contribution in [0.4, 0.5) is 10.8 Å². The molecule has 9 heteroatoms. The summed E-state index contributed by atoms with van der Waals surface area (Å²) >= 11 is 1.45. The number of hydrogen-bond donors (Lipinski definition) is 2. The van der Waals surface area contributed by atoms with Gasteiger partial charge in [0.15, 0.2) is 5.13 Å². The van der Waals surface area contributed by atoms with Crippen LogP contribution in [0.15, 0.2) is 43.0 Å². The van der Waals surface area contributed by atoms with Gasteiger partial charge in [-0.1, -0.05) is 32.1 Å². The van der Waals surface area contributed by atoms with Crippen molar-refractivity contribution in [3.05, 3.63) is 64.7 Å². The SMILES string of the molecule is CC(NC(=O)c1cc2c(cn1)ncn2C)c1cnc(Nc2cc(C#N)cc(C(C)(C)C)c2)s1. The van der Waals surface area contributed by atoms with Gasteiger partial charge in [-0.15, -0.1) is 0 Å². The number of hydrogen-bond acceptors (Lipinski definition) is 7. The normalized spacial score (nSPS) is 12.4. The molecule has 2 N–H and O–H groups in total. The van der Waals surface area contributed by atoms with Crippen molar-refractivity contribution < 1.29 is 4.79 Å². The summed E-state index contributed by atoms with van der Waals surface area (Å²) < 4.78 is 1.85. The zero-order valence-electron chi connectivity index (χ0n) is 19.2. The number of rotatable bonds is 5. The third-order valence-corrected chi connectivity index (χ3v) is 6.42. The Kier molecular flexibility index (Phi) is 5.87. The average molecular weight is 460 g/mol. The van der Waals surface area contributed by atoms with Gasteiger partial charge in [-0.2, -0.15) is 5.26 Å². The van der Waals surface area contributed by atoms with E-state index in [1.54, 1.807) is 24.8 Å². The molecule has 1 amide bonds. The topological polar surface area (TPSA) is 109 Å². The number of fused-ring (bicyclic) bond motifs is 1. The minimum Gasteiger partial charge on any atom is -0.343 e. The van der Waals surface area contributed by atoms with Crippen LogP contribution in [0.5, 0.6) is 0 Å². The molecule has 1 atom stereocenters. The minimum atomic E-state index is -0.259. The third-order valence-electron chi connectivity index (χ3n) is 5.32. The predicted molar refractivity (Wildman–Crippen MR) is 130 cm³/mol. The van der Waals surface area contributed by atoms with Crippen LogP contribution in [0, 0.1) is 11.3 Å². The number of thiazole rings is 1. The standard InChI is InChI=1S/C24H25N7OS/c1-14(29-22(32)18-9-20-19(11-26-18)28-13-31(20)5)21-12-27-23(33-21)30-17-7-15(10-25)6-16(8-17)24(2,3)4/h6-9,11-14H,1-5H3,(H,27,30)(H,29,32). The maximum Gasteiger partial charge on any atom is 0.270 e. The van der Waals surface area contributed by atoms with E-state index in [-0.39, 0.29) is 17.4 Å². The van der Waals surface area contributed by atoms with Crippen molar-refractivity contribution in [3.8, 4) is 6.07 Å². The Morgan fingerprint density at radius 2 is 1.94 bits per heavy atom. The second-order valence-corrected chi connectivity index (χ2v) is 10.0. The van der Waals surface area contributed by atoms with Gasteiger partial charge in [-0.25, -0.2) is 15.0 Å². The average Bonchev–Trinajstić information content (AvgIpc) is 3.39. The van der Waals surface area contributed by atoms with Crippen LogP contribution in [0.25, 0.3) is 11.0 Å². The fourth-order valence-corrected chi connectivity index (χ4v) is 4.20. The first kappa shape index (κ1) is 22.4. The molecule has 1 unspecified atom stereocenters. The minimum absolute atomic E-state index is 0.0807. The number of nitriles is 1. The van der Waals surface area contributed by atoms with Gasteiger partial charge in [-0.3, -0.25) is 4.79 Å². The number of amides is 1. The number of pyridine rings is 1. The van der Waals surface area contributed by atoms with Gasteiger partial charge in [-0.05, 0) is 42.2 Å². The van der Waals surface area contributed by atoms with E-state index in [0.717, 1.165) is 27.2 Å². The number of carbonyl (C=O) groups is 1. The van der Waals surface area contributed by atoms with Crippen molar-refractivity contribution in [2.24, 2.45) is 7.05 Å². The molecule has 8 nitrogen and oxygen atoms in total. The molecule has 0 saturated carbocycles. The number of carbonyl (C=O) groups excluding carboxylic acids is 1. The Balaban J connectivity index is 1.48. The molecule has 0 bridgehead atoms. The van der Waals surface area contributed by atoms with E-state index >= 15 is 0 Å². The lowest BCUT2D eigenvalue weighted by molar-refractivity contribution is 0.0935. The molecule has 0 aliphatic heterocycles. The van der Waals surface area contributed by atoms with Crippen LogP contribution < -0.4 is 10.6 Å². The Bertz CT molecular complexity index is 1370. The van der Waals surface area contributed by atoms with Gasteiger partial charge in [0.05, 0.1) is 35.7 Å². The quantitative estimate of drug-likeness (QED) is 0.443. The van der Waals surface area contributed by atoms with Gasteiger partial charge in [0.25, 0.3) is 5.91 Å². The number of benzene rings is 1. The first-order valence-electron chi connectivity index (χ1n) is 10.5. The molecule has 3 heterocycles. The van der Waals surface area contributed by atoms with E-state index in [1.165, 1.54) is 11.3 Å². The van der Waals surface area contributed by atoms with Crippen molar-refractivity contribution in [1.29, 1.82) is 5.26 Å². The second kappa shape index (κ2) is 8.64. The van der Waals surface area contributed by atoms with Gasteiger partial charge in [0.2, 0.25) is 0 Å². The smallest absolute Gasteiger partial charge is 0.270 e. The molecule has 0 fully saturated rings. The molecule has 4 aromatic rings. The Hall–Kier alpha value is -3.77. The summed E-state index contributed by atoms with van der Waals surface area (Å²) in [5.41, 5.74) is 4.33. The molecule has 33 heavy (non-hydrogen) atoms. The van der Waals surface area contributed by atoms with Crippen LogP contribution in [0.1, 0.15) is 60.2 Å². The van der Waals surface area contributed by atoms with Crippen molar-refractivity contribution in [3.63, 3.8) is 0 Å². The van der Waals surface area contributed by atoms with Gasteiger partial charge >= 0.3 is 0 Å². The van der Waals surface area contributed by atoms with Crippen molar-refractivity contribution >= 4 is 39.1 Å². The predicted octanol–water partition coefficient (Wildman–Crippen LogP) is 4.83. The van der Waals surface area contributed by atoms with Crippen molar-refractivity contribution in [2.75, 3.05) is 5.32 Å². The summed E-state index contributed by atoms with van der Waals surface area (Å²) in [5, 5.41) is 16.4. The van der Waals surface area contributed by atoms with Crippen LogP contribution in [-0.2, 0) is 12.5 Å². The molecular formula is C24H25N7OS. The van der Waals surface area contributed by atoms with Crippen LogP contribution in [0.2, 0.25) is 0 Å². The highest BCUT2D eigenvalue weighted by Gasteiger charge is 2.18. The highest BCUT2D eigenvalue weighted by Crippen LogP contribution is 2.31. The highest BCUT2D eigenvalue weighted by molar-refractivity contribution is 7.15. The van der Waals surface area contributed by atoms with Gasteiger partial charge in [0.1, 0.15) is 11.2 Å². The number of aryl methyl sites for hydroxylation is 1. The summed E-state index contributed by atoms with van der Waals surface area (Å²) in [6, 6.07) is 9.47. The maximum absolute atomic E-state index is 12.7. The molecule has 0 aliphatic carbocycles. The molecular weight excluding hydrogens is 434 g/mol. The zero-order valence-corrected chi connectivity index (χ0v) is 20.0. The fraction of sp³-hybridized carbons (Fsp3) is 0.292. The van der Waals surface area contributed by atoms with E-state index in [0.29, 0.717) is 16.4 Å². The molecule has 0 radical (unpaired) electrons. The summed E-state index contributed by atoms with van der Waals surface area (Å²) in [6.07, 6.45) is 5.04. The molecule has 168 valence electrons. The number of aromatic nitrogens is 4. The maximum atomic E-state index is 12.7. The lowest BCUT2D eigenvalue weighted by Gasteiger charge is -2.20. The van der Waals surface area contributed by atoms with Crippen LogP contribution >= 0.6 is 11.3 Å². The number of imidazole rings is 1. The summed E-state index contributed by atoms with van der Waals surface area (Å²) in [7, 11) is 1.88. The summed E-state index contributed by atoms with van der Waals surface area (Å²) in [4.78, 5) is 26.6. The molecule has 0 saturated heterocycles. The molecule has 1 aromatic carbocycles. The summed E-state index contributed by atoms with van der Waals surface area (Å²) in [5.74, 6) is -0.259. The lowest BCUT2D eigenvalue weighted by Crippen LogP contribution is -2.26. The number of nitrogens with one attached hydrogen (secondary N) is 2. The lowest BCUT2D eigenvalue weighted by atomic mass is 9.86. The number of nitrogens with zero attached hydrogens (tertiary/aromatic N) is 5. The molecule has 4 rings (SSSR count). The largest absolute Gasteiger partial charge is 0.343 e. The third kappa shape index (κ3) is 4.86. The zero-order chi connectivity index (χ0) is 23.8. The number of anilines is 2. The molecule has 0 aliphatic rings. The van der Waals surface area contributed by atoms with Crippen molar-refractivity contribution in [1.82, 2.24) is 24.8 Å². The van der Waals surface area contributed by atoms with Crippen LogP contribution in [0.3, 0.4) is 0 Å². The Labute approximate surface area is 196 Å². The first-order valence-corrected chi connectivity index (χ1v) is 11.3. The van der Waals surface area contributed by atoms with Crippen LogP contribution in [-0.4, -0.2) is 25.4 Å². The van der Waals surface area contributed by atoms with E-state index in [1.807, 2.05) is 36.7 Å². The first-order chi connectivity index (χ1) is 15.6. The highest BCUT2D eigenvalue weighted by atomic mass is 32.1.